The molecule has 0 saturated heterocycles. The minimum Gasteiger partial charge on any atom is -0.0882 e. The van der Waals surface area contributed by atoms with E-state index < -0.39 is 0 Å². The maximum Gasteiger partial charge on any atom is -0.0234 e. The van der Waals surface area contributed by atoms with E-state index in [1.54, 1.807) is 5.57 Å². The molecular weight excluding hydrogens is 132 g/mol. The molecule has 0 aromatic carbocycles. The van der Waals surface area contributed by atoms with Crippen LogP contribution in [0.1, 0.15) is 47.5 Å². The average Bonchev–Trinajstić information content (AvgIpc) is 1.98. The van der Waals surface area contributed by atoms with Gasteiger partial charge in [0.15, 0.2) is 0 Å². The first-order valence-electron chi connectivity index (χ1n) is 4.76. The lowest BCUT2D eigenvalue weighted by Crippen LogP contribution is -2.01. The largest absolute Gasteiger partial charge is 0.0882 e. The molecule has 0 N–H and O–H groups in total. The zero-order chi connectivity index (χ0) is 8.85. The lowest BCUT2D eigenvalue weighted by atomic mass is 9.91. The van der Waals surface area contributed by atoms with E-state index in [9.17, 15) is 0 Å². The van der Waals surface area contributed by atoms with E-state index in [1.165, 1.54) is 12.8 Å². The van der Waals surface area contributed by atoms with E-state index in [1.807, 2.05) is 0 Å². The highest BCUT2D eigenvalue weighted by Gasteiger charge is 2.06. The van der Waals surface area contributed by atoms with Crippen molar-refractivity contribution in [2.75, 3.05) is 0 Å². The average molecular weight is 154 g/mol. The third kappa shape index (κ3) is 4.23. The molecule has 11 heavy (non-hydrogen) atoms. The van der Waals surface area contributed by atoms with Crippen LogP contribution >= 0.6 is 0 Å². The molecule has 1 atom stereocenters. The van der Waals surface area contributed by atoms with Gasteiger partial charge in [0.25, 0.3) is 0 Å². The van der Waals surface area contributed by atoms with Crippen molar-refractivity contribution in [3.8, 4) is 0 Å². The smallest absolute Gasteiger partial charge is 0.0234 e. The van der Waals surface area contributed by atoms with Crippen molar-refractivity contribution < 1.29 is 0 Å². The standard InChI is InChI=1S/C11H22/c1-6-10(5)11(7-2)8-9(3)4/h7,9-10H,6,8H2,1-5H3. The van der Waals surface area contributed by atoms with E-state index in [-0.39, 0.29) is 0 Å². The molecule has 0 fully saturated rings. The zero-order valence-corrected chi connectivity index (χ0v) is 8.65. The Balaban J connectivity index is 3.97. The SMILES string of the molecule is CC=C(CC(C)C)C(C)CC. The van der Waals surface area contributed by atoms with Gasteiger partial charge in [-0.3, -0.25) is 0 Å². The minimum absolute atomic E-state index is 0.780. The molecule has 0 heterocycles. The van der Waals surface area contributed by atoms with E-state index in [4.69, 9.17) is 0 Å². The highest BCUT2D eigenvalue weighted by atomic mass is 14.1. The van der Waals surface area contributed by atoms with Crippen molar-refractivity contribution in [2.45, 2.75) is 47.5 Å². The fourth-order valence-electron chi connectivity index (χ4n) is 1.34. The Labute approximate surface area is 71.7 Å². The van der Waals surface area contributed by atoms with E-state index in [2.05, 4.69) is 40.7 Å². The first-order chi connectivity index (χ1) is 5.11. The second-order valence-corrected chi connectivity index (χ2v) is 3.77. The molecule has 0 heteroatoms. The number of hydrogen-bond acceptors (Lipinski definition) is 0. The van der Waals surface area contributed by atoms with Gasteiger partial charge in [0.2, 0.25) is 0 Å². The summed E-state index contributed by atoms with van der Waals surface area (Å²) in [4.78, 5) is 0. The van der Waals surface area contributed by atoms with Crippen LogP contribution in [0.25, 0.3) is 0 Å². The summed E-state index contributed by atoms with van der Waals surface area (Å²) in [7, 11) is 0. The van der Waals surface area contributed by atoms with Gasteiger partial charge in [-0.05, 0) is 31.6 Å². The predicted octanol–water partition coefficient (Wildman–Crippen LogP) is 4.02. The third-order valence-corrected chi connectivity index (χ3v) is 2.26. The first kappa shape index (κ1) is 10.7. The molecule has 0 aliphatic rings. The van der Waals surface area contributed by atoms with Gasteiger partial charge in [-0.15, -0.1) is 0 Å². The van der Waals surface area contributed by atoms with E-state index in [0.29, 0.717) is 0 Å². The molecule has 0 amide bonds. The highest BCUT2D eigenvalue weighted by Crippen LogP contribution is 2.21. The van der Waals surface area contributed by atoms with Crippen molar-refractivity contribution in [1.82, 2.24) is 0 Å². The topological polar surface area (TPSA) is 0 Å². The number of hydrogen-bond donors (Lipinski definition) is 0. The normalized spacial score (nSPS) is 15.6. The molecule has 0 rings (SSSR count). The molecule has 0 aromatic rings. The lowest BCUT2D eigenvalue weighted by Gasteiger charge is -2.15. The molecule has 0 aromatic heterocycles. The summed E-state index contributed by atoms with van der Waals surface area (Å²) in [6.07, 6.45) is 4.83. The van der Waals surface area contributed by atoms with Crippen LogP contribution in [0, 0.1) is 11.8 Å². The van der Waals surface area contributed by atoms with Crippen LogP contribution in [0.4, 0.5) is 0 Å². The van der Waals surface area contributed by atoms with Crippen LogP contribution in [0.5, 0.6) is 0 Å². The summed E-state index contributed by atoms with van der Waals surface area (Å²) in [5, 5.41) is 0. The van der Waals surface area contributed by atoms with Crippen molar-refractivity contribution >= 4 is 0 Å². The number of allylic oxidation sites excluding steroid dienone is 2. The Hall–Kier alpha value is -0.260. The van der Waals surface area contributed by atoms with Gasteiger partial charge in [-0.1, -0.05) is 39.3 Å². The Kier molecular flexibility index (Phi) is 5.27. The molecule has 0 nitrogen and oxygen atoms in total. The Morgan fingerprint density at radius 3 is 2.09 bits per heavy atom. The quantitative estimate of drug-likeness (QED) is 0.536. The molecular formula is C11H22. The van der Waals surface area contributed by atoms with E-state index in [0.717, 1.165) is 11.8 Å². The van der Waals surface area contributed by atoms with Gasteiger partial charge in [0.1, 0.15) is 0 Å². The van der Waals surface area contributed by atoms with E-state index >= 15 is 0 Å². The Morgan fingerprint density at radius 2 is 1.82 bits per heavy atom. The zero-order valence-electron chi connectivity index (χ0n) is 8.65. The van der Waals surface area contributed by atoms with Gasteiger partial charge in [-0.2, -0.15) is 0 Å². The second-order valence-electron chi connectivity index (χ2n) is 3.77. The van der Waals surface area contributed by atoms with Crippen molar-refractivity contribution in [2.24, 2.45) is 11.8 Å². The summed E-state index contributed by atoms with van der Waals surface area (Å²) in [6, 6.07) is 0. The Morgan fingerprint density at radius 1 is 1.27 bits per heavy atom. The van der Waals surface area contributed by atoms with Crippen LogP contribution in [-0.4, -0.2) is 0 Å². The molecule has 66 valence electrons. The van der Waals surface area contributed by atoms with Gasteiger partial charge in [-0.25, -0.2) is 0 Å². The maximum absolute atomic E-state index is 2.32. The van der Waals surface area contributed by atoms with Crippen molar-refractivity contribution in [3.63, 3.8) is 0 Å². The van der Waals surface area contributed by atoms with Gasteiger partial charge in [0, 0.05) is 0 Å². The molecule has 0 aliphatic heterocycles. The fourth-order valence-corrected chi connectivity index (χ4v) is 1.34. The minimum atomic E-state index is 0.780. The third-order valence-electron chi connectivity index (χ3n) is 2.26. The fraction of sp³-hybridized carbons (Fsp3) is 0.818. The number of rotatable bonds is 4. The predicted molar refractivity (Wildman–Crippen MR) is 52.7 cm³/mol. The summed E-state index contributed by atoms with van der Waals surface area (Å²) in [5.41, 5.74) is 1.63. The summed E-state index contributed by atoms with van der Waals surface area (Å²) >= 11 is 0. The molecule has 0 spiro atoms. The molecule has 0 radical (unpaired) electrons. The second kappa shape index (κ2) is 5.40. The van der Waals surface area contributed by atoms with Crippen LogP contribution in [0.3, 0.4) is 0 Å². The summed E-state index contributed by atoms with van der Waals surface area (Å²) in [5.74, 6) is 1.58. The van der Waals surface area contributed by atoms with Gasteiger partial charge < -0.3 is 0 Å². The van der Waals surface area contributed by atoms with Crippen molar-refractivity contribution in [1.29, 1.82) is 0 Å². The van der Waals surface area contributed by atoms with Gasteiger partial charge >= 0.3 is 0 Å². The van der Waals surface area contributed by atoms with Gasteiger partial charge in [0.05, 0.1) is 0 Å². The van der Waals surface area contributed by atoms with Crippen LogP contribution in [-0.2, 0) is 0 Å². The summed E-state index contributed by atoms with van der Waals surface area (Å²) < 4.78 is 0. The first-order valence-corrected chi connectivity index (χ1v) is 4.76. The summed E-state index contributed by atoms with van der Waals surface area (Å²) in [6.45, 7) is 11.3. The van der Waals surface area contributed by atoms with Crippen molar-refractivity contribution in [3.05, 3.63) is 11.6 Å². The maximum atomic E-state index is 2.32. The highest BCUT2D eigenvalue weighted by molar-refractivity contribution is 5.04. The molecule has 0 bridgehead atoms. The molecule has 0 aliphatic carbocycles. The molecule has 0 saturated carbocycles. The lowest BCUT2D eigenvalue weighted by molar-refractivity contribution is 0.552. The monoisotopic (exact) mass is 154 g/mol. The van der Waals surface area contributed by atoms with Crippen LogP contribution in [0.2, 0.25) is 0 Å². The molecule has 1 unspecified atom stereocenters. The van der Waals surface area contributed by atoms with Crippen LogP contribution < -0.4 is 0 Å². The Bertz CT molecular complexity index is 120. The van der Waals surface area contributed by atoms with Crippen LogP contribution in [0.15, 0.2) is 11.6 Å².